The standard InChI is InChI=1S/C21H31N5S/c1-25-19(18-6-3-2-4-7-18)23-24-20(25)27-17-5-14-26-15-10-21(11-16-26)8-12-22-13-9-21/h2-4,6-7,22H,5,8-17H2,1H3. The van der Waals surface area contributed by atoms with Crippen molar-refractivity contribution in [2.24, 2.45) is 12.5 Å². The number of benzene rings is 1. The summed E-state index contributed by atoms with van der Waals surface area (Å²) in [6, 6.07) is 10.3. The van der Waals surface area contributed by atoms with Crippen molar-refractivity contribution >= 4 is 11.8 Å². The maximum absolute atomic E-state index is 4.39. The Morgan fingerprint density at radius 2 is 1.78 bits per heavy atom. The van der Waals surface area contributed by atoms with Gasteiger partial charge in [0.05, 0.1) is 0 Å². The van der Waals surface area contributed by atoms with E-state index in [1.54, 1.807) is 0 Å². The molecule has 146 valence electrons. The number of piperidine rings is 2. The van der Waals surface area contributed by atoms with Gasteiger partial charge in [-0.25, -0.2) is 0 Å². The number of hydrogen-bond acceptors (Lipinski definition) is 5. The highest BCUT2D eigenvalue weighted by atomic mass is 32.2. The zero-order chi connectivity index (χ0) is 18.5. The molecule has 2 aliphatic heterocycles. The van der Waals surface area contributed by atoms with Crippen molar-refractivity contribution < 1.29 is 0 Å². The van der Waals surface area contributed by atoms with Crippen molar-refractivity contribution in [1.82, 2.24) is 25.0 Å². The van der Waals surface area contributed by atoms with Crippen LogP contribution in [0.5, 0.6) is 0 Å². The molecule has 2 saturated heterocycles. The van der Waals surface area contributed by atoms with Gasteiger partial charge in [-0.2, -0.15) is 0 Å². The summed E-state index contributed by atoms with van der Waals surface area (Å²) in [6.07, 6.45) is 6.77. The van der Waals surface area contributed by atoms with Gasteiger partial charge >= 0.3 is 0 Å². The molecule has 3 heterocycles. The molecule has 0 amide bonds. The second-order valence-electron chi connectivity index (χ2n) is 8.02. The fraction of sp³-hybridized carbons (Fsp3) is 0.619. The van der Waals surface area contributed by atoms with E-state index >= 15 is 0 Å². The zero-order valence-electron chi connectivity index (χ0n) is 16.4. The van der Waals surface area contributed by atoms with Crippen LogP contribution >= 0.6 is 11.8 Å². The monoisotopic (exact) mass is 385 g/mol. The lowest BCUT2D eigenvalue weighted by molar-refractivity contribution is 0.0742. The second-order valence-corrected chi connectivity index (χ2v) is 9.09. The van der Waals surface area contributed by atoms with E-state index in [1.807, 2.05) is 30.0 Å². The molecule has 2 fully saturated rings. The molecule has 2 aliphatic rings. The quantitative estimate of drug-likeness (QED) is 0.610. The van der Waals surface area contributed by atoms with Gasteiger partial charge in [0.15, 0.2) is 11.0 Å². The molecule has 0 aliphatic carbocycles. The number of nitrogens with one attached hydrogen (secondary N) is 1. The third kappa shape index (κ3) is 4.55. The van der Waals surface area contributed by atoms with Crippen molar-refractivity contribution in [2.75, 3.05) is 38.5 Å². The number of nitrogens with zero attached hydrogens (tertiary/aromatic N) is 4. The largest absolute Gasteiger partial charge is 0.317 e. The molecule has 6 heteroatoms. The van der Waals surface area contributed by atoms with Crippen molar-refractivity contribution in [3.63, 3.8) is 0 Å². The SMILES string of the molecule is Cn1c(SCCCN2CCC3(CCNCC3)CC2)nnc1-c1ccccc1. The van der Waals surface area contributed by atoms with Crippen LogP contribution in [0.25, 0.3) is 11.4 Å². The number of likely N-dealkylation sites (tertiary alicyclic amines) is 1. The molecular weight excluding hydrogens is 354 g/mol. The van der Waals surface area contributed by atoms with E-state index in [2.05, 4.69) is 44.2 Å². The van der Waals surface area contributed by atoms with Gasteiger partial charge in [-0.15, -0.1) is 10.2 Å². The lowest BCUT2D eigenvalue weighted by atomic mass is 9.71. The lowest BCUT2D eigenvalue weighted by Crippen LogP contribution is -2.45. The van der Waals surface area contributed by atoms with Crippen LogP contribution < -0.4 is 5.32 Å². The Labute approximate surface area is 166 Å². The third-order valence-electron chi connectivity index (χ3n) is 6.30. The molecule has 1 spiro atoms. The van der Waals surface area contributed by atoms with Crippen LogP contribution in [-0.2, 0) is 7.05 Å². The summed E-state index contributed by atoms with van der Waals surface area (Å²) in [4.78, 5) is 2.67. The Morgan fingerprint density at radius 3 is 2.52 bits per heavy atom. The molecule has 1 aromatic heterocycles. The maximum atomic E-state index is 4.39. The summed E-state index contributed by atoms with van der Waals surface area (Å²) in [5.41, 5.74) is 1.78. The minimum Gasteiger partial charge on any atom is -0.317 e. The summed E-state index contributed by atoms with van der Waals surface area (Å²) >= 11 is 1.83. The molecule has 0 unspecified atom stereocenters. The van der Waals surface area contributed by atoms with Crippen LogP contribution in [0.2, 0.25) is 0 Å². The normalized spacial score (nSPS) is 20.2. The van der Waals surface area contributed by atoms with E-state index in [0.717, 1.165) is 22.3 Å². The van der Waals surface area contributed by atoms with E-state index < -0.39 is 0 Å². The second kappa shape index (κ2) is 8.76. The van der Waals surface area contributed by atoms with Crippen LogP contribution in [0.15, 0.2) is 35.5 Å². The average molecular weight is 386 g/mol. The Morgan fingerprint density at radius 1 is 1.04 bits per heavy atom. The molecule has 2 aromatic rings. The summed E-state index contributed by atoms with van der Waals surface area (Å²) in [5, 5.41) is 13.3. The minimum absolute atomic E-state index is 0.656. The predicted octanol–water partition coefficient (Wildman–Crippen LogP) is 3.43. The van der Waals surface area contributed by atoms with Crippen LogP contribution in [-0.4, -0.2) is 58.1 Å². The van der Waals surface area contributed by atoms with Crippen LogP contribution in [0.3, 0.4) is 0 Å². The average Bonchev–Trinajstić information content (AvgIpc) is 3.08. The van der Waals surface area contributed by atoms with Crippen molar-refractivity contribution in [2.45, 2.75) is 37.3 Å². The summed E-state index contributed by atoms with van der Waals surface area (Å²) in [5.74, 6) is 2.05. The fourth-order valence-corrected chi connectivity index (χ4v) is 5.27. The van der Waals surface area contributed by atoms with Gasteiger partial charge < -0.3 is 14.8 Å². The first-order valence-electron chi connectivity index (χ1n) is 10.3. The Hall–Kier alpha value is -1.37. The first-order valence-corrected chi connectivity index (χ1v) is 11.3. The lowest BCUT2D eigenvalue weighted by Gasteiger charge is -2.44. The van der Waals surface area contributed by atoms with Gasteiger partial charge in [0, 0.05) is 18.4 Å². The molecular formula is C21H31N5S. The highest BCUT2D eigenvalue weighted by molar-refractivity contribution is 7.99. The van der Waals surface area contributed by atoms with Crippen LogP contribution in [0.1, 0.15) is 32.1 Å². The number of thioether (sulfide) groups is 1. The molecule has 4 rings (SSSR count). The predicted molar refractivity (Wildman–Crippen MR) is 112 cm³/mol. The van der Waals surface area contributed by atoms with Gasteiger partial charge in [0.2, 0.25) is 0 Å². The molecule has 27 heavy (non-hydrogen) atoms. The molecule has 0 atom stereocenters. The fourth-order valence-electron chi connectivity index (χ4n) is 4.44. The van der Waals surface area contributed by atoms with E-state index in [1.165, 1.54) is 64.8 Å². The Bertz CT molecular complexity index is 713. The van der Waals surface area contributed by atoms with E-state index in [9.17, 15) is 0 Å². The minimum atomic E-state index is 0.656. The molecule has 1 aromatic carbocycles. The van der Waals surface area contributed by atoms with Crippen molar-refractivity contribution in [3.8, 4) is 11.4 Å². The number of rotatable bonds is 6. The Kier molecular flexibility index (Phi) is 6.15. The first kappa shape index (κ1) is 19.0. The smallest absolute Gasteiger partial charge is 0.191 e. The van der Waals surface area contributed by atoms with Gasteiger partial charge in [0.25, 0.3) is 0 Å². The van der Waals surface area contributed by atoms with Crippen LogP contribution in [0.4, 0.5) is 0 Å². The highest BCUT2D eigenvalue weighted by Crippen LogP contribution is 2.39. The molecule has 0 bridgehead atoms. The third-order valence-corrected chi connectivity index (χ3v) is 7.40. The summed E-state index contributed by atoms with van der Waals surface area (Å²) < 4.78 is 2.11. The topological polar surface area (TPSA) is 46.0 Å². The summed E-state index contributed by atoms with van der Waals surface area (Å²) in [6.45, 7) is 6.23. The first-order chi connectivity index (χ1) is 13.3. The van der Waals surface area contributed by atoms with Gasteiger partial charge in [0.1, 0.15) is 0 Å². The van der Waals surface area contributed by atoms with Crippen molar-refractivity contribution in [3.05, 3.63) is 30.3 Å². The van der Waals surface area contributed by atoms with Crippen LogP contribution in [0, 0.1) is 5.41 Å². The molecule has 0 saturated carbocycles. The zero-order valence-corrected chi connectivity index (χ0v) is 17.2. The van der Waals surface area contributed by atoms with Gasteiger partial charge in [-0.3, -0.25) is 0 Å². The number of hydrogen-bond donors (Lipinski definition) is 1. The highest BCUT2D eigenvalue weighted by Gasteiger charge is 2.35. The van der Waals surface area contributed by atoms with E-state index in [4.69, 9.17) is 0 Å². The maximum Gasteiger partial charge on any atom is 0.191 e. The molecule has 0 radical (unpaired) electrons. The summed E-state index contributed by atoms with van der Waals surface area (Å²) in [7, 11) is 2.06. The Balaban J connectivity index is 1.20. The molecule has 5 nitrogen and oxygen atoms in total. The van der Waals surface area contributed by atoms with E-state index in [-0.39, 0.29) is 0 Å². The van der Waals surface area contributed by atoms with Crippen molar-refractivity contribution in [1.29, 1.82) is 0 Å². The van der Waals surface area contributed by atoms with E-state index in [0.29, 0.717) is 5.41 Å². The van der Waals surface area contributed by atoms with Gasteiger partial charge in [-0.05, 0) is 70.2 Å². The molecule has 1 N–H and O–H groups in total. The van der Waals surface area contributed by atoms with Gasteiger partial charge in [-0.1, -0.05) is 42.1 Å². The number of aromatic nitrogens is 3.